The van der Waals surface area contributed by atoms with Crippen LogP contribution in [-0.2, 0) is 23.3 Å². The number of hydrogen-bond acceptors (Lipinski definition) is 5. The average Bonchev–Trinajstić information content (AvgIpc) is 2.71. The summed E-state index contributed by atoms with van der Waals surface area (Å²) in [5.41, 5.74) is 0. The maximum absolute atomic E-state index is 12.3. The van der Waals surface area contributed by atoms with Gasteiger partial charge < -0.3 is 18.7 Å². The summed E-state index contributed by atoms with van der Waals surface area (Å²) in [6, 6.07) is 0. The van der Waals surface area contributed by atoms with Gasteiger partial charge in [0.25, 0.3) is 0 Å². The smallest absolute Gasteiger partial charge is 0.203 e. The fourth-order valence-electron chi connectivity index (χ4n) is 3.04. The van der Waals surface area contributed by atoms with E-state index in [2.05, 4.69) is 0 Å². The molecule has 0 aliphatic carbocycles. The quantitative estimate of drug-likeness (QED) is 0.674. The molecule has 6 heteroatoms. The van der Waals surface area contributed by atoms with E-state index < -0.39 is 13.2 Å². The van der Waals surface area contributed by atoms with E-state index in [0.29, 0.717) is 12.3 Å². The van der Waals surface area contributed by atoms with Crippen molar-refractivity contribution in [3.63, 3.8) is 0 Å². The fraction of sp³-hybridized carbons (Fsp3) is 1.00. The van der Waals surface area contributed by atoms with Crippen LogP contribution in [0, 0.1) is 5.92 Å². The van der Waals surface area contributed by atoms with Crippen LogP contribution in [0.5, 0.6) is 0 Å². The van der Waals surface area contributed by atoms with Crippen LogP contribution in [0.4, 0.5) is 0 Å². The van der Waals surface area contributed by atoms with Gasteiger partial charge in [0.2, 0.25) is 7.37 Å². The molecule has 3 saturated heterocycles. The molecule has 0 radical (unpaired) electrons. The van der Waals surface area contributed by atoms with Crippen LogP contribution in [0.15, 0.2) is 0 Å². The van der Waals surface area contributed by atoms with Gasteiger partial charge in [-0.15, -0.1) is 0 Å². The maximum Gasteiger partial charge on any atom is 0.203 e. The summed E-state index contributed by atoms with van der Waals surface area (Å²) in [6.45, 7) is 3.75. The Balaban J connectivity index is 1.79. The molecule has 3 aliphatic heterocycles. The summed E-state index contributed by atoms with van der Waals surface area (Å²) in [5, 5.41) is 0. The predicted octanol–water partition coefficient (Wildman–Crippen LogP) is 1.81. The van der Waals surface area contributed by atoms with Crippen LogP contribution in [-0.4, -0.2) is 43.7 Å². The van der Waals surface area contributed by atoms with Crippen LogP contribution in [0.2, 0.25) is 0 Å². The number of ether oxygens (including phenoxy) is 3. The summed E-state index contributed by atoms with van der Waals surface area (Å²) in [7, 11) is -0.939. The molecule has 98 valence electrons. The Labute approximate surface area is 101 Å². The minimum Gasteiger partial charge on any atom is -0.346 e. The van der Waals surface area contributed by atoms with Gasteiger partial charge in [0.15, 0.2) is 12.1 Å². The van der Waals surface area contributed by atoms with Crippen molar-refractivity contribution in [1.29, 1.82) is 0 Å². The molecule has 17 heavy (non-hydrogen) atoms. The van der Waals surface area contributed by atoms with Gasteiger partial charge in [-0.25, -0.2) is 0 Å². The SMILES string of the molecule is COP1(=O)CC[C@H]2O[C@@H]3OC(C)(C)O[C@@H]3[C@@H]2C1. The van der Waals surface area contributed by atoms with E-state index in [4.69, 9.17) is 18.7 Å². The van der Waals surface area contributed by atoms with Crippen LogP contribution >= 0.6 is 7.37 Å². The highest BCUT2D eigenvalue weighted by molar-refractivity contribution is 7.59. The zero-order chi connectivity index (χ0) is 12.3. The van der Waals surface area contributed by atoms with Gasteiger partial charge >= 0.3 is 0 Å². The summed E-state index contributed by atoms with van der Waals surface area (Å²) in [4.78, 5) is 0. The van der Waals surface area contributed by atoms with Crippen molar-refractivity contribution in [1.82, 2.24) is 0 Å². The van der Waals surface area contributed by atoms with Gasteiger partial charge in [-0.3, -0.25) is 4.57 Å². The van der Waals surface area contributed by atoms with Gasteiger partial charge in [-0.2, -0.15) is 0 Å². The van der Waals surface area contributed by atoms with Crippen molar-refractivity contribution < 1.29 is 23.3 Å². The van der Waals surface area contributed by atoms with Crippen molar-refractivity contribution in [3.05, 3.63) is 0 Å². The molecule has 0 amide bonds. The Morgan fingerprint density at radius 3 is 2.82 bits per heavy atom. The molecular weight excluding hydrogens is 243 g/mol. The molecule has 3 aliphatic rings. The molecule has 3 fully saturated rings. The molecule has 0 N–H and O–H groups in total. The fourth-order valence-corrected chi connectivity index (χ4v) is 5.29. The normalized spacial score (nSPS) is 52.2. The lowest BCUT2D eigenvalue weighted by Gasteiger charge is -2.32. The topological polar surface area (TPSA) is 54.0 Å². The van der Waals surface area contributed by atoms with E-state index >= 15 is 0 Å². The third-order valence-corrected chi connectivity index (χ3v) is 6.46. The van der Waals surface area contributed by atoms with Crippen molar-refractivity contribution in [2.75, 3.05) is 19.4 Å². The summed E-state index contributed by atoms with van der Waals surface area (Å²) < 4.78 is 34.9. The van der Waals surface area contributed by atoms with Crippen LogP contribution in [0.25, 0.3) is 0 Å². The third kappa shape index (κ3) is 1.98. The standard InChI is InChI=1S/C11H19O5P/c1-11(2)15-9-7-6-17(12,13-3)5-4-8(7)14-10(9)16-11/h7-10H,4-6H2,1-3H3/t7-,8-,9-,10-,17?/m1/s1. The van der Waals surface area contributed by atoms with Crippen molar-refractivity contribution in [2.24, 2.45) is 5.92 Å². The lowest BCUT2D eigenvalue weighted by Crippen LogP contribution is -2.36. The molecular formula is C11H19O5P. The second kappa shape index (κ2) is 3.78. The first-order valence-corrected chi connectivity index (χ1v) is 8.07. The van der Waals surface area contributed by atoms with Crippen molar-refractivity contribution in [3.8, 4) is 0 Å². The molecule has 3 heterocycles. The van der Waals surface area contributed by atoms with E-state index in [1.54, 1.807) is 0 Å². The van der Waals surface area contributed by atoms with Gasteiger partial charge in [0.05, 0.1) is 6.10 Å². The molecule has 5 atom stereocenters. The van der Waals surface area contributed by atoms with Gasteiger partial charge in [0, 0.05) is 25.4 Å². The minimum absolute atomic E-state index is 0.0984. The van der Waals surface area contributed by atoms with Gasteiger partial charge in [-0.05, 0) is 20.3 Å². The molecule has 0 aromatic rings. The summed E-state index contributed by atoms with van der Waals surface area (Å²) in [6.07, 6.45) is 1.64. The molecule has 0 bridgehead atoms. The lowest BCUT2D eigenvalue weighted by atomic mass is 9.98. The molecule has 0 saturated carbocycles. The Kier molecular flexibility index (Phi) is 2.70. The largest absolute Gasteiger partial charge is 0.346 e. The zero-order valence-electron chi connectivity index (χ0n) is 10.4. The first-order valence-electron chi connectivity index (χ1n) is 6.07. The molecule has 0 aromatic heterocycles. The van der Waals surface area contributed by atoms with E-state index in [-0.39, 0.29) is 24.4 Å². The number of hydrogen-bond donors (Lipinski definition) is 0. The van der Waals surface area contributed by atoms with Crippen molar-refractivity contribution >= 4 is 7.37 Å². The molecule has 1 unspecified atom stereocenters. The second-order valence-electron chi connectivity index (χ2n) is 5.50. The average molecular weight is 262 g/mol. The monoisotopic (exact) mass is 262 g/mol. The lowest BCUT2D eigenvalue weighted by molar-refractivity contribution is -0.209. The highest BCUT2D eigenvalue weighted by Crippen LogP contribution is 2.57. The Morgan fingerprint density at radius 1 is 1.35 bits per heavy atom. The Hall–Kier alpha value is 0.0700. The number of fused-ring (bicyclic) bond motifs is 3. The summed E-state index contributed by atoms with van der Waals surface area (Å²) >= 11 is 0. The highest BCUT2D eigenvalue weighted by Gasteiger charge is 2.57. The Bertz CT molecular complexity index is 369. The first kappa shape index (κ1) is 12.1. The van der Waals surface area contributed by atoms with E-state index in [1.807, 2.05) is 13.8 Å². The zero-order valence-corrected chi connectivity index (χ0v) is 11.3. The van der Waals surface area contributed by atoms with Crippen LogP contribution in [0.1, 0.15) is 20.3 Å². The predicted molar refractivity (Wildman–Crippen MR) is 61.2 cm³/mol. The van der Waals surface area contributed by atoms with Crippen LogP contribution < -0.4 is 0 Å². The van der Waals surface area contributed by atoms with Crippen LogP contribution in [0.3, 0.4) is 0 Å². The second-order valence-corrected chi connectivity index (χ2v) is 8.31. The van der Waals surface area contributed by atoms with E-state index in [9.17, 15) is 4.57 Å². The Morgan fingerprint density at radius 2 is 2.12 bits per heavy atom. The van der Waals surface area contributed by atoms with Gasteiger partial charge in [0.1, 0.15) is 6.10 Å². The maximum atomic E-state index is 12.3. The van der Waals surface area contributed by atoms with Gasteiger partial charge in [-0.1, -0.05) is 0 Å². The first-order chi connectivity index (χ1) is 7.92. The van der Waals surface area contributed by atoms with Crippen molar-refractivity contribution in [2.45, 2.75) is 44.6 Å². The molecule has 0 aromatic carbocycles. The summed E-state index contributed by atoms with van der Waals surface area (Å²) in [5.74, 6) is -0.462. The minimum atomic E-state index is -2.47. The molecule has 5 nitrogen and oxygen atoms in total. The highest BCUT2D eigenvalue weighted by atomic mass is 31.2. The third-order valence-electron chi connectivity index (χ3n) is 3.87. The van der Waals surface area contributed by atoms with E-state index in [0.717, 1.165) is 6.42 Å². The molecule has 0 spiro atoms. The number of rotatable bonds is 1. The van der Waals surface area contributed by atoms with E-state index in [1.165, 1.54) is 7.11 Å². The molecule has 3 rings (SSSR count).